The first-order valence-corrected chi connectivity index (χ1v) is 9.11. The van der Waals surface area contributed by atoms with Gasteiger partial charge in [0, 0.05) is 12.6 Å². The summed E-state index contributed by atoms with van der Waals surface area (Å²) < 4.78 is 2.04. The number of nitrogens with one attached hydrogen (secondary N) is 1. The van der Waals surface area contributed by atoms with Gasteiger partial charge in [-0.3, -0.25) is 14.9 Å². The lowest BCUT2D eigenvalue weighted by atomic mass is 10.2. The maximum absolute atomic E-state index is 12.3. The van der Waals surface area contributed by atoms with Crippen molar-refractivity contribution in [1.29, 1.82) is 0 Å². The number of rotatable bonds is 6. The SMILES string of the molecule is CCn1c(SCC(=O)Nc2ccc(C)cc2[N+](=O)[O-])nc2ccccc21. The van der Waals surface area contributed by atoms with Crippen molar-refractivity contribution in [2.24, 2.45) is 0 Å². The van der Waals surface area contributed by atoms with Crippen molar-refractivity contribution >= 4 is 40.1 Å². The molecule has 0 saturated carbocycles. The molecule has 1 N–H and O–H groups in total. The number of aryl methyl sites for hydroxylation is 2. The number of carbonyl (C=O) groups excluding carboxylic acids is 1. The van der Waals surface area contributed by atoms with Crippen molar-refractivity contribution in [3.8, 4) is 0 Å². The number of anilines is 1. The molecule has 0 bridgehead atoms. The number of benzene rings is 2. The Morgan fingerprint density at radius 2 is 2.08 bits per heavy atom. The van der Waals surface area contributed by atoms with E-state index >= 15 is 0 Å². The van der Waals surface area contributed by atoms with E-state index in [2.05, 4.69) is 10.3 Å². The number of nitro benzene ring substituents is 1. The summed E-state index contributed by atoms with van der Waals surface area (Å²) in [5.74, 6) is -0.189. The number of imidazole rings is 1. The third kappa shape index (κ3) is 3.70. The van der Waals surface area contributed by atoms with E-state index in [0.29, 0.717) is 0 Å². The van der Waals surface area contributed by atoms with E-state index < -0.39 is 4.92 Å². The molecule has 0 unspecified atom stereocenters. The number of nitrogens with zero attached hydrogens (tertiary/aromatic N) is 3. The van der Waals surface area contributed by atoms with Gasteiger partial charge in [0.15, 0.2) is 5.16 Å². The summed E-state index contributed by atoms with van der Waals surface area (Å²) in [4.78, 5) is 27.5. The Labute approximate surface area is 154 Å². The molecule has 26 heavy (non-hydrogen) atoms. The summed E-state index contributed by atoms with van der Waals surface area (Å²) in [6.07, 6.45) is 0. The quantitative estimate of drug-likeness (QED) is 0.402. The Hall–Kier alpha value is -2.87. The lowest BCUT2D eigenvalue weighted by molar-refractivity contribution is -0.384. The van der Waals surface area contributed by atoms with Crippen molar-refractivity contribution < 1.29 is 9.72 Å². The molecule has 0 spiro atoms. The maximum atomic E-state index is 12.3. The topological polar surface area (TPSA) is 90.1 Å². The van der Waals surface area contributed by atoms with E-state index in [1.54, 1.807) is 19.1 Å². The highest BCUT2D eigenvalue weighted by molar-refractivity contribution is 7.99. The molecule has 1 heterocycles. The number of thioether (sulfide) groups is 1. The van der Waals surface area contributed by atoms with Gasteiger partial charge in [-0.05, 0) is 37.6 Å². The average molecular weight is 370 g/mol. The van der Waals surface area contributed by atoms with Crippen LogP contribution in [0.5, 0.6) is 0 Å². The third-order valence-electron chi connectivity index (χ3n) is 3.89. The standard InChI is InChI=1S/C18H18N4O3S/c1-3-21-15-7-5-4-6-13(15)20-18(21)26-11-17(23)19-14-9-8-12(2)10-16(14)22(24)25/h4-10H,3,11H2,1-2H3,(H,19,23). The molecule has 0 atom stereocenters. The minimum absolute atomic E-state index is 0.107. The van der Waals surface area contributed by atoms with Crippen LogP contribution >= 0.6 is 11.8 Å². The van der Waals surface area contributed by atoms with Crippen LogP contribution in [0.3, 0.4) is 0 Å². The summed E-state index contributed by atoms with van der Waals surface area (Å²) in [5.41, 5.74) is 2.76. The van der Waals surface area contributed by atoms with Gasteiger partial charge in [0.2, 0.25) is 5.91 Å². The first kappa shape index (κ1) is 17.9. The largest absolute Gasteiger partial charge is 0.320 e. The van der Waals surface area contributed by atoms with Crippen LogP contribution in [-0.2, 0) is 11.3 Å². The number of hydrogen-bond acceptors (Lipinski definition) is 5. The molecule has 0 aliphatic rings. The van der Waals surface area contributed by atoms with Crippen molar-refractivity contribution in [3.05, 3.63) is 58.1 Å². The normalized spacial score (nSPS) is 10.8. The van der Waals surface area contributed by atoms with E-state index in [0.717, 1.165) is 28.3 Å². The molecule has 3 aromatic rings. The van der Waals surface area contributed by atoms with E-state index in [1.165, 1.54) is 17.8 Å². The van der Waals surface area contributed by atoms with Crippen LogP contribution in [0, 0.1) is 17.0 Å². The predicted molar refractivity (Wildman–Crippen MR) is 103 cm³/mol. The number of hydrogen-bond donors (Lipinski definition) is 1. The van der Waals surface area contributed by atoms with Crippen LogP contribution in [0.25, 0.3) is 11.0 Å². The predicted octanol–water partition coefficient (Wildman–Crippen LogP) is 4.00. The van der Waals surface area contributed by atoms with Crippen LogP contribution in [-0.4, -0.2) is 26.1 Å². The van der Waals surface area contributed by atoms with Gasteiger partial charge in [0.1, 0.15) is 5.69 Å². The maximum Gasteiger partial charge on any atom is 0.293 e. The molecule has 0 saturated heterocycles. The highest BCUT2D eigenvalue weighted by Crippen LogP contribution is 2.27. The zero-order chi connectivity index (χ0) is 18.7. The van der Waals surface area contributed by atoms with Crippen LogP contribution < -0.4 is 5.32 Å². The lowest BCUT2D eigenvalue weighted by Crippen LogP contribution is -2.15. The van der Waals surface area contributed by atoms with E-state index in [4.69, 9.17) is 0 Å². The molecule has 8 heteroatoms. The van der Waals surface area contributed by atoms with Gasteiger partial charge in [-0.2, -0.15) is 0 Å². The fourth-order valence-corrected chi connectivity index (χ4v) is 3.56. The number of carbonyl (C=O) groups is 1. The average Bonchev–Trinajstić information content (AvgIpc) is 2.98. The monoisotopic (exact) mass is 370 g/mol. The summed E-state index contributed by atoms with van der Waals surface area (Å²) in [5, 5.41) is 14.5. The van der Waals surface area contributed by atoms with E-state index in [9.17, 15) is 14.9 Å². The minimum Gasteiger partial charge on any atom is -0.320 e. The fraction of sp³-hybridized carbons (Fsp3) is 0.222. The summed E-state index contributed by atoms with van der Waals surface area (Å²) in [7, 11) is 0. The molecule has 134 valence electrons. The Bertz CT molecular complexity index is 984. The highest BCUT2D eigenvalue weighted by atomic mass is 32.2. The molecule has 2 aromatic carbocycles. The highest BCUT2D eigenvalue weighted by Gasteiger charge is 2.17. The number of aromatic nitrogens is 2. The van der Waals surface area contributed by atoms with Gasteiger partial charge in [-0.15, -0.1) is 0 Å². The Morgan fingerprint density at radius 1 is 1.31 bits per heavy atom. The van der Waals surface area contributed by atoms with Crippen molar-refractivity contribution in [2.45, 2.75) is 25.5 Å². The van der Waals surface area contributed by atoms with Crippen molar-refractivity contribution in [3.63, 3.8) is 0 Å². The van der Waals surface area contributed by atoms with Crippen molar-refractivity contribution in [2.75, 3.05) is 11.1 Å². The molecule has 1 aromatic heterocycles. The summed E-state index contributed by atoms with van der Waals surface area (Å²) >= 11 is 1.31. The van der Waals surface area contributed by atoms with Gasteiger partial charge in [-0.1, -0.05) is 30.0 Å². The molecule has 3 rings (SSSR count). The number of para-hydroxylation sites is 2. The van der Waals surface area contributed by atoms with Crippen LogP contribution in [0.2, 0.25) is 0 Å². The number of nitro groups is 1. The molecule has 0 fully saturated rings. The fourth-order valence-electron chi connectivity index (χ4n) is 2.68. The Balaban J connectivity index is 1.73. The lowest BCUT2D eigenvalue weighted by Gasteiger charge is -2.07. The molecule has 1 amide bonds. The smallest absolute Gasteiger partial charge is 0.293 e. The van der Waals surface area contributed by atoms with Gasteiger partial charge in [-0.25, -0.2) is 4.98 Å². The third-order valence-corrected chi connectivity index (χ3v) is 4.87. The van der Waals surface area contributed by atoms with Crippen LogP contribution in [0.1, 0.15) is 12.5 Å². The molecular weight excluding hydrogens is 352 g/mol. The van der Waals surface area contributed by atoms with Gasteiger partial charge in [0.05, 0.1) is 21.7 Å². The van der Waals surface area contributed by atoms with Crippen LogP contribution in [0.15, 0.2) is 47.6 Å². The van der Waals surface area contributed by atoms with E-state index in [1.807, 2.05) is 35.8 Å². The van der Waals surface area contributed by atoms with Gasteiger partial charge >= 0.3 is 0 Å². The molecule has 0 aliphatic heterocycles. The second-order valence-corrected chi connectivity index (χ2v) is 6.68. The molecular formula is C18H18N4O3S. The Morgan fingerprint density at radius 3 is 2.81 bits per heavy atom. The number of amides is 1. The molecule has 0 aliphatic carbocycles. The van der Waals surface area contributed by atoms with Crippen molar-refractivity contribution in [1.82, 2.24) is 9.55 Å². The minimum atomic E-state index is -0.494. The molecule has 0 radical (unpaired) electrons. The summed E-state index contributed by atoms with van der Waals surface area (Å²) in [6, 6.07) is 12.5. The van der Waals surface area contributed by atoms with Gasteiger partial charge < -0.3 is 9.88 Å². The molecule has 7 nitrogen and oxygen atoms in total. The zero-order valence-corrected chi connectivity index (χ0v) is 15.2. The number of fused-ring (bicyclic) bond motifs is 1. The Kier molecular flexibility index (Phi) is 5.22. The first-order valence-electron chi connectivity index (χ1n) is 8.12. The van der Waals surface area contributed by atoms with E-state index in [-0.39, 0.29) is 23.0 Å². The van der Waals surface area contributed by atoms with Crippen LogP contribution in [0.4, 0.5) is 11.4 Å². The second kappa shape index (κ2) is 7.57. The summed E-state index contributed by atoms with van der Waals surface area (Å²) in [6.45, 7) is 4.53. The zero-order valence-electron chi connectivity index (χ0n) is 14.4. The van der Waals surface area contributed by atoms with Gasteiger partial charge in [0.25, 0.3) is 5.69 Å². The first-order chi connectivity index (χ1) is 12.5. The second-order valence-electron chi connectivity index (χ2n) is 5.74.